The largest absolute Gasteiger partial charge is 0.334 e. The summed E-state index contributed by atoms with van der Waals surface area (Å²) in [5.41, 5.74) is 1.32. The highest BCUT2D eigenvalue weighted by Gasteiger charge is 2.39. The molecule has 2 amide bonds. The molecule has 2 aromatic rings. The first-order valence-electron chi connectivity index (χ1n) is 9.28. The minimum absolute atomic E-state index is 0.0792. The number of benzene rings is 1. The number of alkyl halides is 1. The Morgan fingerprint density at radius 3 is 2.64 bits per heavy atom. The van der Waals surface area contributed by atoms with Crippen LogP contribution in [0.2, 0.25) is 0 Å². The molecule has 1 fully saturated rings. The highest BCUT2D eigenvalue weighted by Crippen LogP contribution is 2.34. The third-order valence-corrected chi connectivity index (χ3v) is 7.20. The van der Waals surface area contributed by atoms with E-state index in [-0.39, 0.29) is 17.2 Å². The molecule has 3 rings (SSSR count). The van der Waals surface area contributed by atoms with E-state index < -0.39 is 27.3 Å². The van der Waals surface area contributed by atoms with Crippen LogP contribution in [-0.4, -0.2) is 30.9 Å². The lowest BCUT2D eigenvalue weighted by Crippen LogP contribution is -2.37. The van der Waals surface area contributed by atoms with Gasteiger partial charge in [-0.2, -0.15) is 0 Å². The number of amides is 2. The Kier molecular flexibility index (Phi) is 6.28. The predicted molar refractivity (Wildman–Crippen MR) is 105 cm³/mol. The number of halogens is 1. The first kappa shape index (κ1) is 20.3. The molecule has 0 aliphatic heterocycles. The second-order valence-electron chi connectivity index (χ2n) is 7.21. The molecule has 1 saturated carbocycles. The van der Waals surface area contributed by atoms with Gasteiger partial charge in [-0.25, -0.2) is 17.6 Å². The first-order chi connectivity index (χ1) is 13.4. The van der Waals surface area contributed by atoms with E-state index in [4.69, 9.17) is 0 Å². The Morgan fingerprint density at radius 1 is 1.21 bits per heavy atom. The Morgan fingerprint density at radius 2 is 1.96 bits per heavy atom. The normalized spacial score (nSPS) is 22.4. The van der Waals surface area contributed by atoms with Crippen LogP contribution in [0, 0.1) is 5.92 Å². The molecule has 1 aromatic carbocycles. The van der Waals surface area contributed by atoms with Gasteiger partial charge in [0.1, 0.15) is 6.17 Å². The zero-order chi connectivity index (χ0) is 20.1. The van der Waals surface area contributed by atoms with Crippen molar-refractivity contribution in [2.45, 2.75) is 49.0 Å². The zero-order valence-corrected chi connectivity index (χ0v) is 16.5. The van der Waals surface area contributed by atoms with E-state index in [1.807, 2.05) is 13.0 Å². The molecule has 0 spiro atoms. The van der Waals surface area contributed by atoms with Crippen LogP contribution in [0.15, 0.2) is 53.7 Å². The van der Waals surface area contributed by atoms with Crippen molar-refractivity contribution in [3.05, 3.63) is 54.4 Å². The topological polar surface area (TPSA) is 88.2 Å². The fourth-order valence-corrected chi connectivity index (χ4v) is 5.35. The third-order valence-electron chi connectivity index (χ3n) is 4.99. The number of hydrogen-bond acceptors (Lipinski definition) is 4. The minimum Gasteiger partial charge on any atom is -0.334 e. The van der Waals surface area contributed by atoms with E-state index in [0.29, 0.717) is 25.1 Å². The van der Waals surface area contributed by atoms with E-state index in [1.54, 1.807) is 18.5 Å². The van der Waals surface area contributed by atoms with Gasteiger partial charge in [-0.1, -0.05) is 13.0 Å². The summed E-state index contributed by atoms with van der Waals surface area (Å²) in [7, 11) is -3.75. The van der Waals surface area contributed by atoms with Gasteiger partial charge in [0.15, 0.2) is 9.84 Å². The Hall–Kier alpha value is -2.48. The van der Waals surface area contributed by atoms with Crippen molar-refractivity contribution in [2.75, 3.05) is 5.32 Å². The fourth-order valence-electron chi connectivity index (χ4n) is 3.38. The smallest absolute Gasteiger partial charge is 0.319 e. The Bertz CT molecular complexity index is 904. The maximum Gasteiger partial charge on any atom is 0.319 e. The number of aromatic nitrogens is 1. The van der Waals surface area contributed by atoms with E-state index >= 15 is 0 Å². The van der Waals surface area contributed by atoms with E-state index in [1.165, 1.54) is 24.3 Å². The predicted octanol–water partition coefficient (Wildman–Crippen LogP) is 3.70. The molecule has 3 atom stereocenters. The van der Waals surface area contributed by atoms with Crippen molar-refractivity contribution in [3.8, 4) is 0 Å². The molecule has 0 radical (unpaired) electrons. The van der Waals surface area contributed by atoms with Crippen LogP contribution < -0.4 is 10.6 Å². The molecular formula is C20H24FN3O3S. The quantitative estimate of drug-likeness (QED) is 0.794. The summed E-state index contributed by atoms with van der Waals surface area (Å²) in [5.74, 6) is 0.191. The van der Waals surface area contributed by atoms with Gasteiger partial charge in [-0.3, -0.25) is 4.98 Å². The van der Waals surface area contributed by atoms with Crippen molar-refractivity contribution < 1.29 is 17.6 Å². The standard InChI is InChI=1S/C20H24FN3O3S/c1-14-4-9-18(21)19(11-14)28(26,27)17-7-5-16(6-8-17)24-20(25)23-13-15-3-2-10-22-12-15/h2-3,5-8,10,12,14,18-19H,4,9,11,13H2,1H3,(H2,23,24,25). The second-order valence-corrected chi connectivity index (χ2v) is 9.38. The van der Waals surface area contributed by atoms with Crippen molar-refractivity contribution in [2.24, 2.45) is 5.92 Å². The summed E-state index contributed by atoms with van der Waals surface area (Å²) < 4.78 is 39.8. The lowest BCUT2D eigenvalue weighted by molar-refractivity contribution is 0.218. The molecule has 6 nitrogen and oxygen atoms in total. The summed E-state index contributed by atoms with van der Waals surface area (Å²) in [6.45, 7) is 2.27. The molecular weight excluding hydrogens is 381 g/mol. The van der Waals surface area contributed by atoms with Crippen LogP contribution in [-0.2, 0) is 16.4 Å². The summed E-state index contributed by atoms with van der Waals surface area (Å²) in [6, 6.07) is 9.06. The van der Waals surface area contributed by atoms with Gasteiger partial charge in [-0.05, 0) is 61.1 Å². The molecule has 150 valence electrons. The second kappa shape index (κ2) is 8.68. The van der Waals surface area contributed by atoms with Crippen LogP contribution in [0.3, 0.4) is 0 Å². The van der Waals surface area contributed by atoms with Crippen LogP contribution in [0.4, 0.5) is 14.9 Å². The van der Waals surface area contributed by atoms with Gasteiger partial charge in [0.25, 0.3) is 0 Å². The maximum absolute atomic E-state index is 14.2. The van der Waals surface area contributed by atoms with Crippen LogP contribution in [0.5, 0.6) is 0 Å². The van der Waals surface area contributed by atoms with E-state index in [0.717, 1.165) is 5.56 Å². The number of sulfone groups is 1. The SMILES string of the molecule is CC1CCC(F)C(S(=O)(=O)c2ccc(NC(=O)NCc3cccnc3)cc2)C1. The molecule has 1 aromatic heterocycles. The average Bonchev–Trinajstić information content (AvgIpc) is 2.69. The monoisotopic (exact) mass is 405 g/mol. The van der Waals surface area contributed by atoms with Gasteiger partial charge < -0.3 is 10.6 Å². The highest BCUT2D eigenvalue weighted by molar-refractivity contribution is 7.92. The number of hydrogen-bond donors (Lipinski definition) is 2. The number of rotatable bonds is 5. The molecule has 1 heterocycles. The molecule has 3 unspecified atom stereocenters. The number of anilines is 1. The average molecular weight is 405 g/mol. The minimum atomic E-state index is -3.75. The lowest BCUT2D eigenvalue weighted by atomic mass is 9.89. The number of nitrogens with one attached hydrogen (secondary N) is 2. The van der Waals surface area contributed by atoms with Crippen LogP contribution in [0.25, 0.3) is 0 Å². The summed E-state index contributed by atoms with van der Waals surface area (Å²) in [6.07, 6.45) is 3.30. The zero-order valence-electron chi connectivity index (χ0n) is 15.6. The van der Waals surface area contributed by atoms with Gasteiger partial charge in [-0.15, -0.1) is 0 Å². The summed E-state index contributed by atoms with van der Waals surface area (Å²) >= 11 is 0. The molecule has 0 bridgehead atoms. The van der Waals surface area contributed by atoms with Crippen molar-refractivity contribution in [1.29, 1.82) is 0 Å². The highest BCUT2D eigenvalue weighted by atomic mass is 32.2. The number of pyridine rings is 1. The summed E-state index contributed by atoms with van der Waals surface area (Å²) in [5, 5.41) is 4.34. The lowest BCUT2D eigenvalue weighted by Gasteiger charge is -2.29. The van der Waals surface area contributed by atoms with Gasteiger partial charge >= 0.3 is 6.03 Å². The van der Waals surface area contributed by atoms with Gasteiger partial charge in [0, 0.05) is 24.6 Å². The molecule has 0 saturated heterocycles. The molecule has 2 N–H and O–H groups in total. The van der Waals surface area contributed by atoms with Crippen LogP contribution in [0.1, 0.15) is 31.7 Å². The van der Waals surface area contributed by atoms with Crippen molar-refractivity contribution >= 4 is 21.6 Å². The fraction of sp³-hybridized carbons (Fsp3) is 0.400. The maximum atomic E-state index is 14.2. The third kappa shape index (κ3) is 4.86. The van der Waals surface area contributed by atoms with E-state index in [2.05, 4.69) is 15.6 Å². The first-order valence-corrected chi connectivity index (χ1v) is 10.8. The van der Waals surface area contributed by atoms with Crippen molar-refractivity contribution in [1.82, 2.24) is 10.3 Å². The molecule has 28 heavy (non-hydrogen) atoms. The van der Waals surface area contributed by atoms with Crippen molar-refractivity contribution in [3.63, 3.8) is 0 Å². The Labute approximate surface area is 164 Å². The molecule has 1 aliphatic rings. The number of carbonyl (C=O) groups is 1. The summed E-state index contributed by atoms with van der Waals surface area (Å²) in [4.78, 5) is 16.0. The number of urea groups is 1. The number of nitrogens with zero attached hydrogens (tertiary/aromatic N) is 1. The van der Waals surface area contributed by atoms with E-state index in [9.17, 15) is 17.6 Å². The van der Waals surface area contributed by atoms with Gasteiger partial charge in [0.2, 0.25) is 0 Å². The van der Waals surface area contributed by atoms with Crippen LogP contribution >= 0.6 is 0 Å². The van der Waals surface area contributed by atoms with Gasteiger partial charge in [0.05, 0.1) is 10.1 Å². The molecule has 1 aliphatic carbocycles. The molecule has 8 heteroatoms. The Balaban J connectivity index is 1.62. The number of carbonyl (C=O) groups excluding carboxylic acids is 1.